The minimum atomic E-state index is -1.10. The van der Waals surface area contributed by atoms with Crippen LogP contribution in [0, 0.1) is 11.8 Å². The molecule has 2 aromatic heterocycles. The van der Waals surface area contributed by atoms with E-state index < -0.39 is 17.9 Å². The van der Waals surface area contributed by atoms with Gasteiger partial charge in [-0.25, -0.2) is 9.78 Å². The van der Waals surface area contributed by atoms with Gasteiger partial charge in [0.25, 0.3) is 5.56 Å². The highest BCUT2D eigenvalue weighted by Gasteiger charge is 2.29. The SMILES string of the molecule is COc1ccc2ncc(=O)n(C(O)C[C@H]3CCNC[C@H]3CNC(=O)O)c2n1. The summed E-state index contributed by atoms with van der Waals surface area (Å²) in [6, 6.07) is 3.31. The first-order chi connectivity index (χ1) is 13.0. The molecule has 0 aliphatic carbocycles. The molecule has 0 radical (unpaired) electrons. The Hall–Kier alpha value is -2.72. The summed E-state index contributed by atoms with van der Waals surface area (Å²) in [5, 5.41) is 25.3. The van der Waals surface area contributed by atoms with Gasteiger partial charge in [-0.1, -0.05) is 0 Å². The summed E-state index contributed by atoms with van der Waals surface area (Å²) < 4.78 is 6.33. The van der Waals surface area contributed by atoms with Crippen molar-refractivity contribution < 1.29 is 19.7 Å². The molecule has 146 valence electrons. The number of piperidine rings is 1. The summed E-state index contributed by atoms with van der Waals surface area (Å²) in [6.45, 7) is 1.71. The maximum absolute atomic E-state index is 12.4. The average Bonchev–Trinajstić information content (AvgIpc) is 2.66. The topological polar surface area (TPSA) is 139 Å². The fourth-order valence-electron chi connectivity index (χ4n) is 3.52. The smallest absolute Gasteiger partial charge is 0.404 e. The number of aromatic nitrogens is 3. The molecule has 3 atom stereocenters. The first-order valence-electron chi connectivity index (χ1n) is 8.77. The lowest BCUT2D eigenvalue weighted by Gasteiger charge is -2.33. The van der Waals surface area contributed by atoms with E-state index in [0.29, 0.717) is 24.4 Å². The van der Waals surface area contributed by atoms with Crippen LogP contribution < -0.4 is 20.9 Å². The van der Waals surface area contributed by atoms with Crippen LogP contribution in [0.1, 0.15) is 19.1 Å². The van der Waals surface area contributed by atoms with Crippen LogP contribution in [0.15, 0.2) is 23.1 Å². The van der Waals surface area contributed by atoms with E-state index in [4.69, 9.17) is 9.84 Å². The van der Waals surface area contributed by atoms with Gasteiger partial charge in [-0.15, -0.1) is 0 Å². The molecule has 1 fully saturated rings. The second-order valence-electron chi connectivity index (χ2n) is 6.58. The van der Waals surface area contributed by atoms with Gasteiger partial charge in [0, 0.05) is 12.6 Å². The van der Waals surface area contributed by atoms with Gasteiger partial charge in [-0.3, -0.25) is 9.36 Å². The molecule has 1 saturated heterocycles. The molecule has 1 aliphatic rings. The Balaban J connectivity index is 1.86. The van der Waals surface area contributed by atoms with Crippen LogP contribution in [0.3, 0.4) is 0 Å². The summed E-state index contributed by atoms with van der Waals surface area (Å²) in [4.78, 5) is 31.5. The first-order valence-corrected chi connectivity index (χ1v) is 8.77. The summed E-state index contributed by atoms with van der Waals surface area (Å²) in [6.07, 6.45) is 0.0693. The number of aliphatic hydroxyl groups excluding tert-OH is 1. The quantitative estimate of drug-likeness (QED) is 0.559. The maximum atomic E-state index is 12.4. The van der Waals surface area contributed by atoms with Crippen molar-refractivity contribution in [3.05, 3.63) is 28.7 Å². The summed E-state index contributed by atoms with van der Waals surface area (Å²) in [5.74, 6) is 0.394. The predicted octanol–water partition coefficient (Wildman–Crippen LogP) is 0.174. The van der Waals surface area contributed by atoms with Crippen LogP contribution in [0.25, 0.3) is 11.2 Å². The van der Waals surface area contributed by atoms with Gasteiger partial charge >= 0.3 is 6.09 Å². The van der Waals surface area contributed by atoms with Crippen molar-refractivity contribution >= 4 is 17.3 Å². The van der Waals surface area contributed by atoms with E-state index in [1.54, 1.807) is 12.1 Å². The number of pyridine rings is 1. The zero-order chi connectivity index (χ0) is 19.4. The molecular weight excluding hydrogens is 354 g/mol. The maximum Gasteiger partial charge on any atom is 0.404 e. The summed E-state index contributed by atoms with van der Waals surface area (Å²) in [5.41, 5.74) is 0.275. The molecule has 1 aliphatic heterocycles. The lowest BCUT2D eigenvalue weighted by Crippen LogP contribution is -2.44. The molecule has 3 heterocycles. The third-order valence-corrected chi connectivity index (χ3v) is 4.91. The van der Waals surface area contributed by atoms with Gasteiger partial charge in [0.05, 0.1) is 13.3 Å². The van der Waals surface area contributed by atoms with Crippen LogP contribution >= 0.6 is 0 Å². The number of nitrogens with zero attached hydrogens (tertiary/aromatic N) is 3. The largest absolute Gasteiger partial charge is 0.481 e. The van der Waals surface area contributed by atoms with Crippen LogP contribution in [0.4, 0.5) is 4.79 Å². The number of aliphatic hydroxyl groups is 1. The highest BCUT2D eigenvalue weighted by Crippen LogP contribution is 2.28. The van der Waals surface area contributed by atoms with Crippen LogP contribution in [0.5, 0.6) is 5.88 Å². The lowest BCUT2D eigenvalue weighted by molar-refractivity contribution is 0.0549. The standard InChI is InChI=1S/C17H23N5O5/c1-27-13-3-2-12-16(21-13)22(15(24)9-19-12)14(23)6-10-4-5-18-7-11(10)8-20-17(25)26/h2-3,9-11,14,18,20,23H,4-8H2,1H3,(H,25,26)/t10-,11+,14?/m1/s1. The fraction of sp³-hybridized carbons (Fsp3) is 0.529. The number of amides is 1. The molecular formula is C17H23N5O5. The number of carbonyl (C=O) groups is 1. The highest BCUT2D eigenvalue weighted by atomic mass is 16.5. The Morgan fingerprint density at radius 2 is 2.30 bits per heavy atom. The Bertz CT molecular complexity index is 870. The lowest BCUT2D eigenvalue weighted by atomic mass is 9.83. The van der Waals surface area contributed by atoms with Gasteiger partial charge in [-0.2, -0.15) is 4.98 Å². The molecule has 0 aromatic carbocycles. The van der Waals surface area contributed by atoms with E-state index >= 15 is 0 Å². The van der Waals surface area contributed by atoms with E-state index in [1.807, 2.05) is 0 Å². The van der Waals surface area contributed by atoms with E-state index in [-0.39, 0.29) is 24.0 Å². The van der Waals surface area contributed by atoms with Crippen molar-refractivity contribution in [2.24, 2.45) is 11.8 Å². The number of hydrogen-bond donors (Lipinski definition) is 4. The Kier molecular flexibility index (Phi) is 5.87. The Labute approximate surface area is 155 Å². The zero-order valence-corrected chi connectivity index (χ0v) is 15.0. The van der Waals surface area contributed by atoms with Crippen LogP contribution in [-0.4, -0.2) is 57.6 Å². The minimum absolute atomic E-state index is 0.0239. The molecule has 3 rings (SSSR count). The van der Waals surface area contributed by atoms with Crippen LogP contribution in [-0.2, 0) is 0 Å². The molecule has 10 heteroatoms. The second-order valence-corrected chi connectivity index (χ2v) is 6.58. The van der Waals surface area contributed by atoms with E-state index in [0.717, 1.165) is 19.2 Å². The number of hydrogen-bond acceptors (Lipinski definition) is 7. The van der Waals surface area contributed by atoms with Crippen molar-refractivity contribution in [1.82, 2.24) is 25.2 Å². The van der Waals surface area contributed by atoms with Gasteiger partial charge in [0.2, 0.25) is 5.88 Å². The zero-order valence-electron chi connectivity index (χ0n) is 15.0. The third-order valence-electron chi connectivity index (χ3n) is 4.91. The molecule has 27 heavy (non-hydrogen) atoms. The third kappa shape index (κ3) is 4.34. The molecule has 0 spiro atoms. The minimum Gasteiger partial charge on any atom is -0.481 e. The molecule has 10 nitrogen and oxygen atoms in total. The van der Waals surface area contributed by atoms with Gasteiger partial charge in [0.1, 0.15) is 11.7 Å². The van der Waals surface area contributed by atoms with E-state index in [2.05, 4.69) is 20.6 Å². The van der Waals surface area contributed by atoms with E-state index in [1.165, 1.54) is 11.7 Å². The van der Waals surface area contributed by atoms with Gasteiger partial charge in [0.15, 0.2) is 5.65 Å². The molecule has 1 unspecified atom stereocenters. The monoisotopic (exact) mass is 377 g/mol. The number of methoxy groups -OCH3 is 1. The van der Waals surface area contributed by atoms with Crippen molar-refractivity contribution in [1.29, 1.82) is 0 Å². The predicted molar refractivity (Wildman–Crippen MR) is 96.7 cm³/mol. The normalized spacial score (nSPS) is 21.0. The van der Waals surface area contributed by atoms with Crippen molar-refractivity contribution in [3.8, 4) is 5.88 Å². The van der Waals surface area contributed by atoms with Gasteiger partial charge < -0.3 is 25.6 Å². The molecule has 0 saturated carbocycles. The second kappa shape index (κ2) is 8.31. The van der Waals surface area contributed by atoms with Crippen molar-refractivity contribution in [2.45, 2.75) is 19.1 Å². The van der Waals surface area contributed by atoms with Crippen molar-refractivity contribution in [3.63, 3.8) is 0 Å². The van der Waals surface area contributed by atoms with Gasteiger partial charge in [-0.05, 0) is 43.8 Å². The molecule has 4 N–H and O–H groups in total. The first kappa shape index (κ1) is 19.1. The summed E-state index contributed by atoms with van der Waals surface area (Å²) >= 11 is 0. The molecule has 2 aromatic rings. The van der Waals surface area contributed by atoms with Crippen molar-refractivity contribution in [2.75, 3.05) is 26.7 Å². The Morgan fingerprint density at radius 3 is 3.04 bits per heavy atom. The molecule has 1 amide bonds. The summed E-state index contributed by atoms with van der Waals surface area (Å²) in [7, 11) is 1.47. The molecule has 0 bridgehead atoms. The number of nitrogens with one attached hydrogen (secondary N) is 2. The van der Waals surface area contributed by atoms with E-state index in [9.17, 15) is 14.7 Å². The Morgan fingerprint density at radius 1 is 1.48 bits per heavy atom. The number of ether oxygens (including phenoxy) is 1. The fourth-order valence-corrected chi connectivity index (χ4v) is 3.52. The average molecular weight is 377 g/mol. The number of carboxylic acid groups (broad SMARTS) is 1. The number of fused-ring (bicyclic) bond motifs is 1. The number of rotatable bonds is 6. The highest BCUT2D eigenvalue weighted by molar-refractivity contribution is 5.70. The van der Waals surface area contributed by atoms with Crippen LogP contribution in [0.2, 0.25) is 0 Å².